The third-order valence-electron chi connectivity index (χ3n) is 5.19. The molecule has 0 unspecified atom stereocenters. The topological polar surface area (TPSA) is 63.9 Å². The predicted molar refractivity (Wildman–Crippen MR) is 107 cm³/mol. The molecule has 1 aliphatic heterocycles. The molecule has 5 rings (SSSR count). The quantitative estimate of drug-likeness (QED) is 0.554. The molecule has 0 bridgehead atoms. The lowest BCUT2D eigenvalue weighted by Crippen LogP contribution is -2.51. The molecule has 0 radical (unpaired) electrons. The molecule has 1 fully saturated rings. The van der Waals surface area contributed by atoms with E-state index in [2.05, 4.69) is 15.3 Å². The summed E-state index contributed by atoms with van der Waals surface area (Å²) in [5, 5.41) is 9.51. The molecule has 0 atom stereocenters. The van der Waals surface area contributed by atoms with Crippen molar-refractivity contribution in [1.82, 2.24) is 24.9 Å². The van der Waals surface area contributed by atoms with Crippen LogP contribution in [0.2, 0.25) is 0 Å². The van der Waals surface area contributed by atoms with E-state index < -0.39 is 0 Å². The van der Waals surface area contributed by atoms with Crippen LogP contribution in [0, 0.1) is 6.92 Å². The molecule has 6 heteroatoms. The summed E-state index contributed by atoms with van der Waals surface area (Å²) in [6, 6.07) is 19.8. The van der Waals surface area contributed by atoms with E-state index in [-0.39, 0.29) is 11.9 Å². The van der Waals surface area contributed by atoms with E-state index in [0.717, 1.165) is 27.9 Å². The largest absolute Gasteiger partial charge is 0.334 e. The van der Waals surface area contributed by atoms with Gasteiger partial charge in [-0.2, -0.15) is 0 Å². The van der Waals surface area contributed by atoms with Gasteiger partial charge in [0.15, 0.2) is 0 Å². The molecular weight excluding hydrogens is 350 g/mol. The van der Waals surface area contributed by atoms with Gasteiger partial charge in [0, 0.05) is 29.7 Å². The fourth-order valence-corrected chi connectivity index (χ4v) is 3.57. The highest BCUT2D eigenvalue weighted by atomic mass is 16.2. The van der Waals surface area contributed by atoms with E-state index in [4.69, 9.17) is 0 Å². The maximum absolute atomic E-state index is 13.0. The van der Waals surface area contributed by atoms with Gasteiger partial charge in [0.2, 0.25) is 0 Å². The SMILES string of the molecule is Cc1ccc2cccc(C(=O)N3CC(n4cc(-c5ccccc5)nn4)C3)c2n1. The molecular formula is C22H19N5O. The Morgan fingerprint density at radius 1 is 1.00 bits per heavy atom. The van der Waals surface area contributed by atoms with Crippen molar-refractivity contribution in [3.63, 3.8) is 0 Å². The number of para-hydroxylation sites is 1. The van der Waals surface area contributed by atoms with Crippen LogP contribution in [0.5, 0.6) is 0 Å². The molecule has 0 spiro atoms. The summed E-state index contributed by atoms with van der Waals surface area (Å²) in [5.41, 5.74) is 4.22. The van der Waals surface area contributed by atoms with Crippen molar-refractivity contribution >= 4 is 16.8 Å². The van der Waals surface area contributed by atoms with E-state index in [1.165, 1.54) is 0 Å². The first kappa shape index (κ1) is 16.6. The van der Waals surface area contributed by atoms with Gasteiger partial charge < -0.3 is 4.90 Å². The summed E-state index contributed by atoms with van der Waals surface area (Å²) in [5.74, 6) is 0.0170. The molecule has 6 nitrogen and oxygen atoms in total. The first-order valence-corrected chi connectivity index (χ1v) is 9.32. The minimum atomic E-state index is 0.0170. The van der Waals surface area contributed by atoms with Crippen LogP contribution < -0.4 is 0 Å². The fraction of sp³-hybridized carbons (Fsp3) is 0.182. The van der Waals surface area contributed by atoms with Crippen LogP contribution in [0.3, 0.4) is 0 Å². The zero-order chi connectivity index (χ0) is 19.1. The zero-order valence-electron chi connectivity index (χ0n) is 15.5. The molecule has 0 aliphatic carbocycles. The number of carbonyl (C=O) groups is 1. The highest BCUT2D eigenvalue weighted by Gasteiger charge is 2.34. The zero-order valence-corrected chi connectivity index (χ0v) is 15.5. The molecule has 1 aliphatic rings. The molecule has 0 N–H and O–H groups in total. The van der Waals surface area contributed by atoms with E-state index in [0.29, 0.717) is 18.7 Å². The van der Waals surface area contributed by atoms with Gasteiger partial charge in [0.05, 0.1) is 23.3 Å². The average Bonchev–Trinajstić information content (AvgIpc) is 3.16. The second kappa shape index (κ2) is 6.56. The normalized spacial score (nSPS) is 14.2. The van der Waals surface area contributed by atoms with Crippen molar-refractivity contribution in [2.45, 2.75) is 13.0 Å². The van der Waals surface area contributed by atoms with Crippen molar-refractivity contribution < 1.29 is 4.79 Å². The lowest BCUT2D eigenvalue weighted by molar-refractivity contribution is 0.0500. The molecule has 2 aromatic carbocycles. The van der Waals surface area contributed by atoms with Gasteiger partial charge in [0.25, 0.3) is 5.91 Å². The number of likely N-dealkylation sites (tertiary alicyclic amines) is 1. The van der Waals surface area contributed by atoms with Crippen molar-refractivity contribution in [3.8, 4) is 11.3 Å². The van der Waals surface area contributed by atoms with Crippen molar-refractivity contribution in [3.05, 3.63) is 78.1 Å². The van der Waals surface area contributed by atoms with Crippen LogP contribution in [0.4, 0.5) is 0 Å². The van der Waals surface area contributed by atoms with Gasteiger partial charge in [-0.15, -0.1) is 5.10 Å². The number of carbonyl (C=O) groups excluding carboxylic acids is 1. The Hall–Kier alpha value is -3.54. The molecule has 1 saturated heterocycles. The minimum Gasteiger partial charge on any atom is -0.334 e. The highest BCUT2D eigenvalue weighted by Crippen LogP contribution is 2.26. The molecule has 4 aromatic rings. The standard InChI is InChI=1S/C22H19N5O/c1-15-10-11-17-8-5-9-19(21(17)23-15)22(28)26-12-18(13-26)27-14-20(24-25-27)16-6-3-2-4-7-16/h2-11,14,18H,12-13H2,1H3. The number of benzene rings is 2. The number of hydrogen-bond acceptors (Lipinski definition) is 4. The second-order valence-corrected chi connectivity index (χ2v) is 7.14. The molecule has 0 saturated carbocycles. The maximum atomic E-state index is 13.0. The Balaban J connectivity index is 1.33. The minimum absolute atomic E-state index is 0.0170. The summed E-state index contributed by atoms with van der Waals surface area (Å²) < 4.78 is 1.86. The average molecular weight is 369 g/mol. The second-order valence-electron chi connectivity index (χ2n) is 7.14. The molecule has 3 heterocycles. The van der Waals surface area contributed by atoms with Crippen LogP contribution in [0.15, 0.2) is 66.9 Å². The molecule has 138 valence electrons. The summed E-state index contributed by atoms with van der Waals surface area (Å²) in [6.07, 6.45) is 1.95. The van der Waals surface area contributed by atoms with E-state index in [1.807, 2.05) is 83.4 Å². The van der Waals surface area contributed by atoms with Gasteiger partial charge in [0.1, 0.15) is 5.69 Å². The molecule has 28 heavy (non-hydrogen) atoms. The van der Waals surface area contributed by atoms with Gasteiger partial charge in [-0.3, -0.25) is 9.78 Å². The van der Waals surface area contributed by atoms with Crippen molar-refractivity contribution in [2.75, 3.05) is 13.1 Å². The third-order valence-corrected chi connectivity index (χ3v) is 5.19. The Bertz CT molecular complexity index is 1160. The lowest BCUT2D eigenvalue weighted by atomic mass is 10.0. The smallest absolute Gasteiger partial charge is 0.256 e. The summed E-state index contributed by atoms with van der Waals surface area (Å²) in [4.78, 5) is 19.4. The Morgan fingerprint density at radius 3 is 2.64 bits per heavy atom. The highest BCUT2D eigenvalue weighted by molar-refractivity contribution is 6.05. The third kappa shape index (κ3) is 2.83. The Kier molecular flexibility index (Phi) is 3.90. The van der Waals surface area contributed by atoms with Gasteiger partial charge in [-0.1, -0.05) is 53.7 Å². The van der Waals surface area contributed by atoms with Crippen LogP contribution in [0.25, 0.3) is 22.2 Å². The number of rotatable bonds is 3. The van der Waals surface area contributed by atoms with Crippen LogP contribution in [-0.2, 0) is 0 Å². The van der Waals surface area contributed by atoms with Crippen molar-refractivity contribution in [1.29, 1.82) is 0 Å². The first-order chi connectivity index (χ1) is 13.7. The number of amides is 1. The van der Waals surface area contributed by atoms with E-state index in [9.17, 15) is 4.79 Å². The number of nitrogens with zero attached hydrogens (tertiary/aromatic N) is 5. The van der Waals surface area contributed by atoms with Crippen LogP contribution >= 0.6 is 0 Å². The van der Waals surface area contributed by atoms with E-state index in [1.54, 1.807) is 0 Å². The predicted octanol–water partition coefficient (Wildman–Crippen LogP) is 3.50. The van der Waals surface area contributed by atoms with E-state index >= 15 is 0 Å². The van der Waals surface area contributed by atoms with Crippen molar-refractivity contribution in [2.24, 2.45) is 0 Å². The van der Waals surface area contributed by atoms with Gasteiger partial charge in [-0.05, 0) is 19.1 Å². The fourth-order valence-electron chi connectivity index (χ4n) is 3.57. The molecule has 1 amide bonds. The number of aryl methyl sites for hydroxylation is 1. The van der Waals surface area contributed by atoms with Gasteiger partial charge in [-0.25, -0.2) is 4.68 Å². The number of pyridine rings is 1. The Morgan fingerprint density at radius 2 is 1.82 bits per heavy atom. The number of fused-ring (bicyclic) bond motifs is 1. The first-order valence-electron chi connectivity index (χ1n) is 9.32. The monoisotopic (exact) mass is 369 g/mol. The van der Waals surface area contributed by atoms with Crippen LogP contribution in [0.1, 0.15) is 22.1 Å². The lowest BCUT2D eigenvalue weighted by Gasteiger charge is -2.39. The summed E-state index contributed by atoms with van der Waals surface area (Å²) in [6.45, 7) is 3.19. The number of hydrogen-bond donors (Lipinski definition) is 0. The summed E-state index contributed by atoms with van der Waals surface area (Å²) >= 11 is 0. The summed E-state index contributed by atoms with van der Waals surface area (Å²) in [7, 11) is 0. The number of aromatic nitrogens is 4. The van der Waals surface area contributed by atoms with Gasteiger partial charge >= 0.3 is 0 Å². The van der Waals surface area contributed by atoms with Crippen LogP contribution in [-0.4, -0.2) is 43.9 Å². The molecule has 2 aromatic heterocycles. The maximum Gasteiger partial charge on any atom is 0.256 e. The Labute approximate surface area is 162 Å².